The Kier molecular flexibility index (Phi) is 9.90. The van der Waals surface area contributed by atoms with Gasteiger partial charge in [0.15, 0.2) is 0 Å². The molecule has 0 aliphatic carbocycles. The van der Waals surface area contributed by atoms with Gasteiger partial charge in [0.25, 0.3) is 0 Å². The SMILES string of the molecule is CC/C=C(\CC)CC/C=C(\C)CCC=C(C)C. The molecule has 0 fully saturated rings. The summed E-state index contributed by atoms with van der Waals surface area (Å²) in [7, 11) is 0. The number of hydrogen-bond acceptors (Lipinski definition) is 0. The van der Waals surface area contributed by atoms with Crippen molar-refractivity contribution in [1.29, 1.82) is 0 Å². The minimum atomic E-state index is 1.17. The first-order valence-corrected chi connectivity index (χ1v) is 7.07. The molecule has 0 aromatic heterocycles. The second-order valence-electron chi connectivity index (χ2n) is 5.03. The average molecular weight is 234 g/mol. The summed E-state index contributed by atoms with van der Waals surface area (Å²) in [6.07, 6.45) is 14.4. The quantitative estimate of drug-likeness (QED) is 0.438. The Bertz CT molecular complexity index is 272. The zero-order valence-electron chi connectivity index (χ0n) is 12.5. The van der Waals surface area contributed by atoms with Gasteiger partial charge in [-0.15, -0.1) is 0 Å². The van der Waals surface area contributed by atoms with Crippen molar-refractivity contribution in [2.24, 2.45) is 0 Å². The third-order valence-electron chi connectivity index (χ3n) is 3.00. The van der Waals surface area contributed by atoms with Crippen molar-refractivity contribution in [3.8, 4) is 0 Å². The molecule has 0 N–H and O–H groups in total. The van der Waals surface area contributed by atoms with E-state index in [-0.39, 0.29) is 0 Å². The fourth-order valence-electron chi connectivity index (χ4n) is 1.91. The molecule has 0 radical (unpaired) electrons. The van der Waals surface area contributed by atoms with Crippen molar-refractivity contribution in [3.05, 3.63) is 34.9 Å². The van der Waals surface area contributed by atoms with E-state index in [1.54, 1.807) is 5.57 Å². The highest BCUT2D eigenvalue weighted by Gasteiger charge is 1.93. The summed E-state index contributed by atoms with van der Waals surface area (Å²) in [5.74, 6) is 0. The van der Waals surface area contributed by atoms with E-state index in [0.717, 1.165) is 0 Å². The summed E-state index contributed by atoms with van der Waals surface area (Å²) >= 11 is 0. The van der Waals surface area contributed by atoms with Gasteiger partial charge in [-0.05, 0) is 59.3 Å². The summed E-state index contributed by atoms with van der Waals surface area (Å²) in [6.45, 7) is 11.1. The Labute approximate surface area is 109 Å². The molecule has 0 rings (SSSR count). The molecule has 0 amide bonds. The maximum atomic E-state index is 2.41. The molecule has 0 aromatic rings. The third-order valence-corrected chi connectivity index (χ3v) is 3.00. The normalized spacial score (nSPS) is 12.8. The van der Waals surface area contributed by atoms with Gasteiger partial charge >= 0.3 is 0 Å². The van der Waals surface area contributed by atoms with E-state index in [2.05, 4.69) is 52.8 Å². The average Bonchev–Trinajstić information content (AvgIpc) is 2.27. The molecule has 0 saturated carbocycles. The Hall–Kier alpha value is -0.780. The molecule has 0 aliphatic heterocycles. The molecule has 0 aliphatic rings. The van der Waals surface area contributed by atoms with Crippen LogP contribution < -0.4 is 0 Å². The molecule has 0 spiro atoms. The van der Waals surface area contributed by atoms with Gasteiger partial charge in [-0.25, -0.2) is 0 Å². The fourth-order valence-corrected chi connectivity index (χ4v) is 1.91. The monoisotopic (exact) mass is 234 g/mol. The van der Waals surface area contributed by atoms with E-state index >= 15 is 0 Å². The van der Waals surface area contributed by atoms with E-state index in [1.807, 2.05) is 0 Å². The van der Waals surface area contributed by atoms with Crippen LogP contribution in [-0.4, -0.2) is 0 Å². The van der Waals surface area contributed by atoms with Crippen LogP contribution >= 0.6 is 0 Å². The van der Waals surface area contributed by atoms with Gasteiger partial charge in [0.1, 0.15) is 0 Å². The Morgan fingerprint density at radius 3 is 2.00 bits per heavy atom. The first-order chi connectivity index (χ1) is 8.10. The van der Waals surface area contributed by atoms with Crippen molar-refractivity contribution in [2.75, 3.05) is 0 Å². The lowest BCUT2D eigenvalue weighted by molar-refractivity contribution is 0.875. The summed E-state index contributed by atoms with van der Waals surface area (Å²) in [6, 6.07) is 0. The molecule has 0 nitrogen and oxygen atoms in total. The molecular formula is C17H30. The molecule has 0 unspecified atom stereocenters. The highest BCUT2D eigenvalue weighted by atomic mass is 14.0. The first-order valence-electron chi connectivity index (χ1n) is 7.07. The summed E-state index contributed by atoms with van der Waals surface area (Å²) < 4.78 is 0. The van der Waals surface area contributed by atoms with Crippen molar-refractivity contribution >= 4 is 0 Å². The molecule has 0 aromatic carbocycles. The third kappa shape index (κ3) is 10.1. The van der Waals surface area contributed by atoms with Crippen LogP contribution in [0.25, 0.3) is 0 Å². The zero-order chi connectivity index (χ0) is 13.1. The van der Waals surface area contributed by atoms with Crippen molar-refractivity contribution < 1.29 is 0 Å². The van der Waals surface area contributed by atoms with Gasteiger partial charge in [0.2, 0.25) is 0 Å². The van der Waals surface area contributed by atoms with Crippen molar-refractivity contribution in [2.45, 2.75) is 73.1 Å². The topological polar surface area (TPSA) is 0 Å². The Balaban J connectivity index is 3.91. The van der Waals surface area contributed by atoms with Crippen molar-refractivity contribution in [3.63, 3.8) is 0 Å². The summed E-state index contributed by atoms with van der Waals surface area (Å²) in [5, 5.41) is 0. The molecule has 0 bridgehead atoms. The predicted octanol–water partition coefficient (Wildman–Crippen LogP) is 6.21. The minimum absolute atomic E-state index is 1.17. The van der Waals surface area contributed by atoms with Gasteiger partial charge in [-0.1, -0.05) is 48.8 Å². The summed E-state index contributed by atoms with van der Waals surface area (Å²) in [5.41, 5.74) is 4.58. The standard InChI is InChI=1S/C17H30/c1-6-10-17(7-2)14-9-13-16(5)12-8-11-15(3)4/h10-11,13H,6-9,12,14H2,1-5H3/b16-13+,17-10+. The van der Waals surface area contributed by atoms with Crippen LogP contribution in [-0.2, 0) is 0 Å². The first kappa shape index (κ1) is 16.2. The molecule has 17 heavy (non-hydrogen) atoms. The van der Waals surface area contributed by atoms with Crippen LogP contribution in [0.3, 0.4) is 0 Å². The Morgan fingerprint density at radius 1 is 0.824 bits per heavy atom. The predicted molar refractivity (Wildman–Crippen MR) is 80.3 cm³/mol. The minimum Gasteiger partial charge on any atom is -0.0856 e. The second kappa shape index (κ2) is 10.4. The van der Waals surface area contributed by atoms with E-state index in [9.17, 15) is 0 Å². The van der Waals surface area contributed by atoms with E-state index in [4.69, 9.17) is 0 Å². The van der Waals surface area contributed by atoms with E-state index < -0.39 is 0 Å². The lowest BCUT2D eigenvalue weighted by Gasteiger charge is -2.03. The highest BCUT2D eigenvalue weighted by molar-refractivity contribution is 5.06. The van der Waals surface area contributed by atoms with Gasteiger partial charge in [-0.2, -0.15) is 0 Å². The van der Waals surface area contributed by atoms with E-state index in [1.165, 1.54) is 49.7 Å². The molecule has 0 heterocycles. The van der Waals surface area contributed by atoms with Crippen LogP contribution in [0.4, 0.5) is 0 Å². The van der Waals surface area contributed by atoms with Crippen LogP contribution in [0.1, 0.15) is 73.1 Å². The number of allylic oxidation sites excluding steroid dienone is 6. The van der Waals surface area contributed by atoms with Gasteiger partial charge in [0.05, 0.1) is 0 Å². The molecule has 0 saturated heterocycles. The number of rotatable bonds is 8. The van der Waals surface area contributed by atoms with E-state index in [0.29, 0.717) is 0 Å². The number of hydrogen-bond donors (Lipinski definition) is 0. The maximum Gasteiger partial charge on any atom is -0.0286 e. The van der Waals surface area contributed by atoms with Gasteiger partial charge in [0, 0.05) is 0 Å². The van der Waals surface area contributed by atoms with Gasteiger partial charge in [-0.3, -0.25) is 0 Å². The van der Waals surface area contributed by atoms with Gasteiger partial charge < -0.3 is 0 Å². The smallest absolute Gasteiger partial charge is 0.0286 e. The lowest BCUT2D eigenvalue weighted by atomic mass is 10.0. The van der Waals surface area contributed by atoms with Crippen LogP contribution in [0.2, 0.25) is 0 Å². The molecule has 0 atom stereocenters. The molecule has 98 valence electrons. The van der Waals surface area contributed by atoms with Crippen LogP contribution in [0, 0.1) is 0 Å². The second-order valence-corrected chi connectivity index (χ2v) is 5.03. The highest BCUT2D eigenvalue weighted by Crippen LogP contribution is 2.14. The molecular weight excluding hydrogens is 204 g/mol. The fraction of sp³-hybridized carbons (Fsp3) is 0.647. The maximum absolute atomic E-state index is 2.41. The van der Waals surface area contributed by atoms with Crippen LogP contribution in [0.15, 0.2) is 34.9 Å². The zero-order valence-corrected chi connectivity index (χ0v) is 12.5. The Morgan fingerprint density at radius 2 is 1.47 bits per heavy atom. The van der Waals surface area contributed by atoms with Crippen LogP contribution in [0.5, 0.6) is 0 Å². The summed E-state index contributed by atoms with van der Waals surface area (Å²) in [4.78, 5) is 0. The lowest BCUT2D eigenvalue weighted by Crippen LogP contribution is -1.83. The van der Waals surface area contributed by atoms with Crippen molar-refractivity contribution in [1.82, 2.24) is 0 Å². The largest absolute Gasteiger partial charge is 0.0856 e. The molecule has 0 heteroatoms.